The van der Waals surface area contributed by atoms with Crippen molar-refractivity contribution < 1.29 is 4.79 Å². The average Bonchev–Trinajstić information content (AvgIpc) is 3.32. The second-order valence-electron chi connectivity index (χ2n) is 6.40. The van der Waals surface area contributed by atoms with Crippen molar-refractivity contribution in [1.29, 1.82) is 0 Å². The number of rotatable bonds is 3. The van der Waals surface area contributed by atoms with Crippen LogP contribution >= 0.6 is 0 Å². The van der Waals surface area contributed by atoms with Gasteiger partial charge in [-0.25, -0.2) is 4.68 Å². The smallest absolute Gasteiger partial charge is 0.257 e. The minimum Gasteiger partial charge on any atom is -0.331 e. The van der Waals surface area contributed by atoms with E-state index in [1.165, 1.54) is 11.1 Å². The summed E-state index contributed by atoms with van der Waals surface area (Å²) in [6.07, 6.45) is 8.91. The van der Waals surface area contributed by atoms with Crippen molar-refractivity contribution in [3.05, 3.63) is 77.9 Å². The summed E-state index contributed by atoms with van der Waals surface area (Å²) in [6.45, 7) is 2.90. The molecule has 0 radical (unpaired) electrons. The molecule has 2 aromatic heterocycles. The molecule has 0 unspecified atom stereocenters. The fourth-order valence-corrected chi connectivity index (χ4v) is 3.52. The predicted molar refractivity (Wildman–Crippen MR) is 95.5 cm³/mol. The maximum absolute atomic E-state index is 13.0. The molecule has 1 aromatic carbocycles. The number of hydrogen-bond acceptors (Lipinski definition) is 3. The van der Waals surface area contributed by atoms with E-state index in [-0.39, 0.29) is 11.9 Å². The SMILES string of the molecule is Cc1ccccc1[C@H]1CCCN1C(=O)c1cnn(-c2cccnc2)c1. The molecule has 5 heteroatoms. The molecule has 3 heterocycles. The number of hydrogen-bond donors (Lipinski definition) is 0. The van der Waals surface area contributed by atoms with Gasteiger partial charge in [0.15, 0.2) is 0 Å². The van der Waals surface area contributed by atoms with Crippen LogP contribution in [-0.2, 0) is 0 Å². The molecule has 1 fully saturated rings. The van der Waals surface area contributed by atoms with Crippen LogP contribution in [-0.4, -0.2) is 32.1 Å². The van der Waals surface area contributed by atoms with Crippen molar-refractivity contribution in [2.75, 3.05) is 6.54 Å². The Hall–Kier alpha value is -2.95. The fourth-order valence-electron chi connectivity index (χ4n) is 3.52. The van der Waals surface area contributed by atoms with E-state index in [9.17, 15) is 4.79 Å². The van der Waals surface area contributed by atoms with Gasteiger partial charge in [-0.15, -0.1) is 0 Å². The molecule has 3 aromatic rings. The molecule has 1 aliphatic rings. The van der Waals surface area contributed by atoms with Crippen molar-refractivity contribution in [3.8, 4) is 5.69 Å². The number of pyridine rings is 1. The average molecular weight is 332 g/mol. The summed E-state index contributed by atoms with van der Waals surface area (Å²) in [5.74, 6) is 0.0425. The Balaban J connectivity index is 1.60. The molecule has 1 saturated heterocycles. The van der Waals surface area contributed by atoms with Gasteiger partial charge in [0.1, 0.15) is 0 Å². The van der Waals surface area contributed by atoms with Gasteiger partial charge in [-0.3, -0.25) is 9.78 Å². The van der Waals surface area contributed by atoms with Crippen molar-refractivity contribution in [2.24, 2.45) is 0 Å². The Morgan fingerprint density at radius 3 is 2.84 bits per heavy atom. The summed E-state index contributed by atoms with van der Waals surface area (Å²) >= 11 is 0. The van der Waals surface area contributed by atoms with E-state index in [0.29, 0.717) is 5.56 Å². The second kappa shape index (κ2) is 6.51. The van der Waals surface area contributed by atoms with Gasteiger partial charge >= 0.3 is 0 Å². The minimum absolute atomic E-state index is 0.0425. The molecular formula is C20H20N4O. The maximum atomic E-state index is 13.0. The first-order valence-corrected chi connectivity index (χ1v) is 8.55. The van der Waals surface area contributed by atoms with E-state index in [1.54, 1.807) is 29.5 Å². The Labute approximate surface area is 146 Å². The first-order chi connectivity index (χ1) is 12.2. The molecule has 1 aliphatic heterocycles. The highest BCUT2D eigenvalue weighted by Crippen LogP contribution is 2.34. The lowest BCUT2D eigenvalue weighted by molar-refractivity contribution is 0.0735. The number of amides is 1. The Morgan fingerprint density at radius 1 is 1.16 bits per heavy atom. The van der Waals surface area contributed by atoms with E-state index < -0.39 is 0 Å². The first kappa shape index (κ1) is 15.6. The van der Waals surface area contributed by atoms with Gasteiger partial charge in [0, 0.05) is 18.9 Å². The minimum atomic E-state index is 0.0425. The molecule has 0 N–H and O–H groups in total. The summed E-state index contributed by atoms with van der Waals surface area (Å²) in [5, 5.41) is 4.32. The number of carbonyl (C=O) groups excluding carboxylic acids is 1. The summed E-state index contributed by atoms with van der Waals surface area (Å²) in [5.41, 5.74) is 3.94. The molecule has 126 valence electrons. The normalized spacial score (nSPS) is 17.0. The predicted octanol–water partition coefficient (Wildman–Crippen LogP) is 3.55. The third-order valence-electron chi connectivity index (χ3n) is 4.80. The van der Waals surface area contributed by atoms with E-state index in [1.807, 2.05) is 29.2 Å². The van der Waals surface area contributed by atoms with E-state index in [4.69, 9.17) is 0 Å². The van der Waals surface area contributed by atoms with E-state index >= 15 is 0 Å². The number of aryl methyl sites for hydroxylation is 1. The standard InChI is InChI=1S/C20H20N4O/c1-15-6-2-3-8-18(15)19-9-5-11-23(19)20(25)16-12-22-24(14-16)17-7-4-10-21-13-17/h2-4,6-8,10,12-14,19H,5,9,11H2,1H3/t19-/m1/s1. The number of carbonyl (C=O) groups is 1. The highest BCUT2D eigenvalue weighted by molar-refractivity contribution is 5.94. The fraction of sp³-hybridized carbons (Fsp3) is 0.250. The summed E-state index contributed by atoms with van der Waals surface area (Å²) in [4.78, 5) is 19.1. The number of likely N-dealkylation sites (tertiary alicyclic amines) is 1. The molecular weight excluding hydrogens is 312 g/mol. The molecule has 1 atom stereocenters. The third kappa shape index (κ3) is 2.93. The van der Waals surface area contributed by atoms with Crippen LogP contribution in [0, 0.1) is 6.92 Å². The molecule has 25 heavy (non-hydrogen) atoms. The third-order valence-corrected chi connectivity index (χ3v) is 4.80. The van der Waals surface area contributed by atoms with Gasteiger partial charge in [0.2, 0.25) is 0 Å². The summed E-state index contributed by atoms with van der Waals surface area (Å²) in [6, 6.07) is 12.2. The summed E-state index contributed by atoms with van der Waals surface area (Å²) in [7, 11) is 0. The van der Waals surface area contributed by atoms with Gasteiger partial charge < -0.3 is 4.90 Å². The molecule has 0 saturated carbocycles. The lowest BCUT2D eigenvalue weighted by Gasteiger charge is -2.26. The van der Waals surface area contributed by atoms with Crippen LogP contribution < -0.4 is 0 Å². The van der Waals surface area contributed by atoms with Crippen molar-refractivity contribution in [1.82, 2.24) is 19.7 Å². The van der Waals surface area contributed by atoms with Crippen LogP contribution in [0.3, 0.4) is 0 Å². The zero-order chi connectivity index (χ0) is 17.2. The number of aromatic nitrogens is 3. The maximum Gasteiger partial charge on any atom is 0.257 e. The van der Waals surface area contributed by atoms with Crippen LogP contribution in [0.4, 0.5) is 0 Å². The molecule has 5 nitrogen and oxygen atoms in total. The monoisotopic (exact) mass is 332 g/mol. The molecule has 4 rings (SSSR count). The lowest BCUT2D eigenvalue weighted by Crippen LogP contribution is -2.30. The second-order valence-corrected chi connectivity index (χ2v) is 6.40. The van der Waals surface area contributed by atoms with Crippen molar-refractivity contribution >= 4 is 5.91 Å². The van der Waals surface area contributed by atoms with E-state index in [2.05, 4.69) is 29.1 Å². The van der Waals surface area contributed by atoms with Crippen LogP contribution in [0.5, 0.6) is 0 Å². The highest BCUT2D eigenvalue weighted by Gasteiger charge is 2.31. The zero-order valence-corrected chi connectivity index (χ0v) is 14.2. The number of benzene rings is 1. The topological polar surface area (TPSA) is 51.0 Å². The van der Waals surface area contributed by atoms with Gasteiger partial charge in [-0.2, -0.15) is 5.10 Å². The Bertz CT molecular complexity index is 887. The Kier molecular flexibility index (Phi) is 4.06. The first-order valence-electron chi connectivity index (χ1n) is 8.55. The van der Waals surface area contributed by atoms with Crippen LogP contribution in [0.2, 0.25) is 0 Å². The van der Waals surface area contributed by atoms with Crippen LogP contribution in [0.1, 0.15) is 40.4 Å². The zero-order valence-electron chi connectivity index (χ0n) is 14.2. The van der Waals surface area contributed by atoms with Crippen molar-refractivity contribution in [3.63, 3.8) is 0 Å². The molecule has 1 amide bonds. The molecule has 0 spiro atoms. The van der Waals surface area contributed by atoms with Gasteiger partial charge in [-0.05, 0) is 43.0 Å². The van der Waals surface area contributed by atoms with Gasteiger partial charge in [-0.1, -0.05) is 24.3 Å². The largest absolute Gasteiger partial charge is 0.331 e. The highest BCUT2D eigenvalue weighted by atomic mass is 16.2. The lowest BCUT2D eigenvalue weighted by atomic mass is 9.99. The van der Waals surface area contributed by atoms with Gasteiger partial charge in [0.05, 0.1) is 29.7 Å². The van der Waals surface area contributed by atoms with Crippen LogP contribution in [0.15, 0.2) is 61.2 Å². The van der Waals surface area contributed by atoms with Crippen molar-refractivity contribution in [2.45, 2.75) is 25.8 Å². The Morgan fingerprint density at radius 2 is 2.04 bits per heavy atom. The molecule has 0 bridgehead atoms. The quantitative estimate of drug-likeness (QED) is 0.737. The molecule has 0 aliphatic carbocycles. The number of nitrogens with zero attached hydrogens (tertiary/aromatic N) is 4. The summed E-state index contributed by atoms with van der Waals surface area (Å²) < 4.78 is 1.69. The van der Waals surface area contributed by atoms with Gasteiger partial charge in [0.25, 0.3) is 5.91 Å². The van der Waals surface area contributed by atoms with E-state index in [0.717, 1.165) is 25.1 Å². The van der Waals surface area contributed by atoms with Crippen LogP contribution in [0.25, 0.3) is 5.69 Å².